The van der Waals surface area contributed by atoms with Crippen LogP contribution in [-0.4, -0.2) is 10.9 Å². The molecule has 0 fully saturated rings. The zero-order valence-electron chi connectivity index (χ0n) is 8.82. The standard InChI is InChI=1S/C12H9Cl2NO2/c13-9-3-1-8(2-4-9)11(16)6-5-10-7-12(14)15-17-10/h1-4,7H,5-6H2. The molecule has 0 aliphatic rings. The maximum absolute atomic E-state index is 11.8. The first kappa shape index (κ1) is 12.1. The number of nitrogens with zero attached hydrogens (tertiary/aromatic N) is 1. The third-order valence-electron chi connectivity index (χ3n) is 2.29. The summed E-state index contributed by atoms with van der Waals surface area (Å²) < 4.78 is 4.91. The molecule has 1 aromatic carbocycles. The van der Waals surface area contributed by atoms with Crippen molar-refractivity contribution in [3.05, 3.63) is 51.8 Å². The van der Waals surface area contributed by atoms with E-state index in [2.05, 4.69) is 5.16 Å². The van der Waals surface area contributed by atoms with E-state index >= 15 is 0 Å². The van der Waals surface area contributed by atoms with Crippen LogP contribution in [0.2, 0.25) is 10.2 Å². The SMILES string of the molecule is O=C(CCc1cc(Cl)no1)c1ccc(Cl)cc1. The molecule has 2 aromatic rings. The molecule has 0 amide bonds. The van der Waals surface area contributed by atoms with Gasteiger partial charge in [-0.1, -0.05) is 28.4 Å². The molecule has 0 saturated heterocycles. The summed E-state index contributed by atoms with van der Waals surface area (Å²) in [5, 5.41) is 4.46. The number of hydrogen-bond acceptors (Lipinski definition) is 3. The molecule has 17 heavy (non-hydrogen) atoms. The minimum Gasteiger partial charge on any atom is -0.360 e. The molecule has 0 aliphatic heterocycles. The van der Waals surface area contributed by atoms with Gasteiger partial charge in [0.15, 0.2) is 10.9 Å². The van der Waals surface area contributed by atoms with Gasteiger partial charge in [0.2, 0.25) is 0 Å². The van der Waals surface area contributed by atoms with E-state index in [9.17, 15) is 4.79 Å². The summed E-state index contributed by atoms with van der Waals surface area (Å²) in [7, 11) is 0. The average Bonchev–Trinajstić information content (AvgIpc) is 2.73. The molecule has 88 valence electrons. The van der Waals surface area contributed by atoms with Crippen LogP contribution in [0.4, 0.5) is 0 Å². The first-order chi connectivity index (χ1) is 8.15. The molecule has 0 saturated carbocycles. The summed E-state index contributed by atoms with van der Waals surface area (Å²) >= 11 is 11.3. The third-order valence-corrected chi connectivity index (χ3v) is 2.72. The monoisotopic (exact) mass is 269 g/mol. The fraction of sp³-hybridized carbons (Fsp3) is 0.167. The van der Waals surface area contributed by atoms with Crippen LogP contribution in [0.15, 0.2) is 34.9 Å². The Labute approximate surface area is 108 Å². The Morgan fingerprint density at radius 3 is 2.53 bits per heavy atom. The van der Waals surface area contributed by atoms with Gasteiger partial charge in [0.25, 0.3) is 0 Å². The van der Waals surface area contributed by atoms with Gasteiger partial charge in [0, 0.05) is 29.5 Å². The highest BCUT2D eigenvalue weighted by Gasteiger charge is 2.08. The molecule has 0 N–H and O–H groups in total. The van der Waals surface area contributed by atoms with Crippen LogP contribution in [-0.2, 0) is 6.42 Å². The van der Waals surface area contributed by atoms with Gasteiger partial charge in [0.05, 0.1) is 0 Å². The lowest BCUT2D eigenvalue weighted by Gasteiger charge is -1.99. The van der Waals surface area contributed by atoms with E-state index in [1.54, 1.807) is 30.3 Å². The maximum atomic E-state index is 11.8. The lowest BCUT2D eigenvalue weighted by molar-refractivity contribution is 0.0980. The predicted molar refractivity (Wildman–Crippen MR) is 65.6 cm³/mol. The van der Waals surface area contributed by atoms with Gasteiger partial charge in [-0.15, -0.1) is 0 Å². The first-order valence-corrected chi connectivity index (χ1v) is 5.80. The van der Waals surface area contributed by atoms with Gasteiger partial charge in [0.1, 0.15) is 5.76 Å². The van der Waals surface area contributed by atoms with Gasteiger partial charge in [-0.05, 0) is 24.3 Å². The number of hydrogen-bond donors (Lipinski definition) is 0. The molecule has 0 radical (unpaired) electrons. The van der Waals surface area contributed by atoms with E-state index in [-0.39, 0.29) is 5.78 Å². The quantitative estimate of drug-likeness (QED) is 0.793. The fourth-order valence-corrected chi connectivity index (χ4v) is 1.70. The summed E-state index contributed by atoms with van der Waals surface area (Å²) in [6.45, 7) is 0. The third kappa shape index (κ3) is 3.32. The highest BCUT2D eigenvalue weighted by molar-refractivity contribution is 6.30. The zero-order valence-corrected chi connectivity index (χ0v) is 10.3. The van der Waals surface area contributed by atoms with Crippen LogP contribution in [0.1, 0.15) is 22.5 Å². The van der Waals surface area contributed by atoms with Crippen molar-refractivity contribution in [3.63, 3.8) is 0 Å². The fourth-order valence-electron chi connectivity index (χ4n) is 1.42. The Morgan fingerprint density at radius 1 is 1.24 bits per heavy atom. The van der Waals surface area contributed by atoms with Crippen LogP contribution < -0.4 is 0 Å². The highest BCUT2D eigenvalue weighted by Crippen LogP contribution is 2.14. The summed E-state index contributed by atoms with van der Waals surface area (Å²) in [6.07, 6.45) is 0.842. The first-order valence-electron chi connectivity index (χ1n) is 5.05. The van der Waals surface area contributed by atoms with Crippen molar-refractivity contribution in [2.45, 2.75) is 12.8 Å². The Hall–Kier alpha value is -1.32. The lowest BCUT2D eigenvalue weighted by Crippen LogP contribution is -2.00. The van der Waals surface area contributed by atoms with Gasteiger partial charge >= 0.3 is 0 Å². The summed E-state index contributed by atoms with van der Waals surface area (Å²) in [6, 6.07) is 8.41. The van der Waals surface area contributed by atoms with Crippen molar-refractivity contribution in [2.75, 3.05) is 0 Å². The van der Waals surface area contributed by atoms with E-state index in [0.717, 1.165) is 0 Å². The summed E-state index contributed by atoms with van der Waals surface area (Å²) in [5.41, 5.74) is 0.639. The van der Waals surface area contributed by atoms with Crippen molar-refractivity contribution >= 4 is 29.0 Å². The van der Waals surface area contributed by atoms with Gasteiger partial charge in [-0.3, -0.25) is 4.79 Å². The van der Waals surface area contributed by atoms with E-state index < -0.39 is 0 Å². The minimum absolute atomic E-state index is 0.0363. The molecule has 1 aromatic heterocycles. The molecule has 0 atom stereocenters. The highest BCUT2D eigenvalue weighted by atomic mass is 35.5. The second-order valence-electron chi connectivity index (χ2n) is 3.55. The summed E-state index contributed by atoms with van der Waals surface area (Å²) in [5.74, 6) is 0.645. The van der Waals surface area contributed by atoms with Crippen LogP contribution in [0.25, 0.3) is 0 Å². The number of halogens is 2. The lowest BCUT2D eigenvalue weighted by atomic mass is 10.1. The summed E-state index contributed by atoms with van der Waals surface area (Å²) in [4.78, 5) is 11.8. The largest absolute Gasteiger partial charge is 0.360 e. The molecule has 0 spiro atoms. The predicted octanol–water partition coefficient (Wildman–Crippen LogP) is 3.80. The van der Waals surface area contributed by atoms with Crippen LogP contribution in [0.3, 0.4) is 0 Å². The maximum Gasteiger partial charge on any atom is 0.172 e. The molecule has 5 heteroatoms. The number of Topliss-reactive ketones (excluding diaryl/α,β-unsaturated/α-hetero) is 1. The topological polar surface area (TPSA) is 43.1 Å². The Morgan fingerprint density at radius 2 is 1.94 bits per heavy atom. The molecule has 0 aliphatic carbocycles. The second-order valence-corrected chi connectivity index (χ2v) is 4.37. The van der Waals surface area contributed by atoms with Crippen LogP contribution >= 0.6 is 23.2 Å². The smallest absolute Gasteiger partial charge is 0.172 e. The number of aromatic nitrogens is 1. The molecular weight excluding hydrogens is 261 g/mol. The Kier molecular flexibility index (Phi) is 3.82. The normalized spacial score (nSPS) is 10.5. The van der Waals surface area contributed by atoms with Gasteiger partial charge in [-0.25, -0.2) is 0 Å². The molecule has 3 nitrogen and oxygen atoms in total. The van der Waals surface area contributed by atoms with Crippen LogP contribution in [0, 0.1) is 0 Å². The van der Waals surface area contributed by atoms with E-state index in [4.69, 9.17) is 27.7 Å². The Balaban J connectivity index is 1.95. The van der Waals surface area contributed by atoms with Crippen molar-refractivity contribution < 1.29 is 9.32 Å². The number of carbonyl (C=O) groups excluding carboxylic acids is 1. The molecule has 0 unspecified atom stereocenters. The van der Waals surface area contributed by atoms with Crippen molar-refractivity contribution in [3.8, 4) is 0 Å². The minimum atomic E-state index is 0.0363. The Bertz CT molecular complexity index is 520. The van der Waals surface area contributed by atoms with Gasteiger partial charge in [-0.2, -0.15) is 0 Å². The van der Waals surface area contributed by atoms with Crippen molar-refractivity contribution in [2.24, 2.45) is 0 Å². The van der Waals surface area contributed by atoms with E-state index in [1.165, 1.54) is 0 Å². The van der Waals surface area contributed by atoms with E-state index in [1.807, 2.05) is 0 Å². The van der Waals surface area contributed by atoms with Crippen molar-refractivity contribution in [1.82, 2.24) is 5.16 Å². The number of rotatable bonds is 4. The number of benzene rings is 1. The van der Waals surface area contributed by atoms with E-state index in [0.29, 0.717) is 34.3 Å². The molecular formula is C12H9Cl2NO2. The van der Waals surface area contributed by atoms with Crippen molar-refractivity contribution in [1.29, 1.82) is 0 Å². The van der Waals surface area contributed by atoms with Gasteiger partial charge < -0.3 is 4.52 Å². The van der Waals surface area contributed by atoms with Crippen LogP contribution in [0.5, 0.6) is 0 Å². The molecule has 0 bridgehead atoms. The average molecular weight is 270 g/mol. The number of ketones is 1. The molecule has 1 heterocycles. The molecule has 2 rings (SSSR count). The second kappa shape index (κ2) is 5.34. The number of carbonyl (C=O) groups is 1. The number of aryl methyl sites for hydroxylation is 1. The zero-order chi connectivity index (χ0) is 12.3.